The molecule has 0 fully saturated rings. The molecule has 0 saturated heterocycles. The van der Waals surface area contributed by atoms with Crippen molar-refractivity contribution in [2.45, 2.75) is 39.5 Å². The standard InChI is InChI=1S/C23H29NO3/c1-6-23(3,4)19-14-17(22(27-7-2)15-21(19)26)10-13-20(25)16-8-11-18(24-5)12-9-16/h8-15,24,26H,6-7H2,1-5H3. The first-order valence-corrected chi connectivity index (χ1v) is 9.33. The van der Waals surface area contributed by atoms with Crippen molar-refractivity contribution in [3.8, 4) is 11.5 Å². The van der Waals surface area contributed by atoms with Gasteiger partial charge in [-0.05, 0) is 61.2 Å². The number of nitrogens with one attached hydrogen (secondary N) is 1. The highest BCUT2D eigenvalue weighted by Crippen LogP contribution is 2.38. The Morgan fingerprint density at radius 1 is 1.19 bits per heavy atom. The van der Waals surface area contributed by atoms with Gasteiger partial charge in [-0.3, -0.25) is 4.79 Å². The van der Waals surface area contributed by atoms with E-state index in [1.54, 1.807) is 30.4 Å². The van der Waals surface area contributed by atoms with Crippen LogP contribution in [0.2, 0.25) is 0 Å². The Balaban J connectivity index is 2.38. The molecule has 0 aliphatic heterocycles. The summed E-state index contributed by atoms with van der Waals surface area (Å²) >= 11 is 0. The van der Waals surface area contributed by atoms with Crippen LogP contribution >= 0.6 is 0 Å². The second kappa shape index (κ2) is 8.76. The molecule has 2 N–H and O–H groups in total. The van der Waals surface area contributed by atoms with E-state index in [1.807, 2.05) is 32.2 Å². The van der Waals surface area contributed by atoms with Crippen LogP contribution in [0.5, 0.6) is 11.5 Å². The fourth-order valence-corrected chi connectivity index (χ4v) is 2.79. The third kappa shape index (κ3) is 4.91. The number of phenolic OH excluding ortho intramolecular Hbond substituents is 1. The molecule has 0 saturated carbocycles. The van der Waals surface area contributed by atoms with E-state index in [-0.39, 0.29) is 16.9 Å². The molecule has 0 aliphatic rings. The fraction of sp³-hybridized carbons (Fsp3) is 0.348. The second-order valence-corrected chi connectivity index (χ2v) is 7.10. The number of rotatable bonds is 8. The van der Waals surface area contributed by atoms with Gasteiger partial charge >= 0.3 is 0 Å². The number of ether oxygens (including phenoxy) is 1. The molecule has 0 aromatic heterocycles. The van der Waals surface area contributed by atoms with Gasteiger partial charge in [-0.25, -0.2) is 0 Å². The molecule has 0 amide bonds. The topological polar surface area (TPSA) is 58.6 Å². The molecule has 0 bridgehead atoms. The van der Waals surface area contributed by atoms with E-state index in [1.165, 1.54) is 0 Å². The monoisotopic (exact) mass is 367 g/mol. The average Bonchev–Trinajstić information content (AvgIpc) is 2.67. The lowest BCUT2D eigenvalue weighted by Crippen LogP contribution is -2.16. The maximum absolute atomic E-state index is 12.5. The van der Waals surface area contributed by atoms with E-state index in [0.717, 1.165) is 23.2 Å². The van der Waals surface area contributed by atoms with Gasteiger partial charge in [0.2, 0.25) is 0 Å². The van der Waals surface area contributed by atoms with Crippen molar-refractivity contribution in [3.63, 3.8) is 0 Å². The van der Waals surface area contributed by atoms with Gasteiger partial charge in [-0.1, -0.05) is 20.8 Å². The Morgan fingerprint density at radius 2 is 1.85 bits per heavy atom. The third-order valence-electron chi connectivity index (χ3n) is 4.91. The van der Waals surface area contributed by atoms with E-state index in [9.17, 15) is 9.90 Å². The van der Waals surface area contributed by atoms with Crippen molar-refractivity contribution in [2.24, 2.45) is 0 Å². The number of allylic oxidation sites excluding steroid dienone is 1. The number of phenols is 1. The zero-order valence-corrected chi connectivity index (χ0v) is 16.8. The fourth-order valence-electron chi connectivity index (χ4n) is 2.79. The van der Waals surface area contributed by atoms with Crippen molar-refractivity contribution in [2.75, 3.05) is 19.0 Å². The van der Waals surface area contributed by atoms with E-state index in [2.05, 4.69) is 26.1 Å². The molecular formula is C23H29NO3. The number of hydrogen-bond acceptors (Lipinski definition) is 4. The minimum atomic E-state index is -0.176. The Morgan fingerprint density at radius 3 is 2.41 bits per heavy atom. The summed E-state index contributed by atoms with van der Waals surface area (Å²) in [6, 6.07) is 10.9. The molecule has 2 rings (SSSR count). The van der Waals surface area contributed by atoms with Gasteiger partial charge in [0.25, 0.3) is 0 Å². The quantitative estimate of drug-likeness (QED) is 0.483. The summed E-state index contributed by atoms with van der Waals surface area (Å²) in [5, 5.41) is 13.5. The number of aromatic hydroxyl groups is 1. The van der Waals surface area contributed by atoms with Crippen molar-refractivity contribution in [3.05, 3.63) is 59.2 Å². The highest BCUT2D eigenvalue weighted by atomic mass is 16.5. The third-order valence-corrected chi connectivity index (χ3v) is 4.91. The maximum Gasteiger partial charge on any atom is 0.185 e. The molecule has 0 unspecified atom stereocenters. The normalized spacial score (nSPS) is 11.6. The second-order valence-electron chi connectivity index (χ2n) is 7.10. The molecule has 0 aliphatic carbocycles. The summed E-state index contributed by atoms with van der Waals surface area (Å²) in [6.07, 6.45) is 4.19. The number of anilines is 1. The predicted molar refractivity (Wildman–Crippen MR) is 112 cm³/mol. The lowest BCUT2D eigenvalue weighted by Gasteiger charge is -2.25. The van der Waals surface area contributed by atoms with Gasteiger partial charge in [-0.15, -0.1) is 0 Å². The minimum absolute atomic E-state index is 0.0792. The van der Waals surface area contributed by atoms with Crippen molar-refractivity contribution >= 4 is 17.5 Å². The summed E-state index contributed by atoms with van der Waals surface area (Å²) in [5.41, 5.74) is 3.03. The molecule has 27 heavy (non-hydrogen) atoms. The number of hydrogen-bond donors (Lipinski definition) is 2. The number of ketones is 1. The molecule has 2 aromatic carbocycles. The smallest absolute Gasteiger partial charge is 0.185 e. The highest BCUT2D eigenvalue weighted by Gasteiger charge is 2.23. The highest BCUT2D eigenvalue weighted by molar-refractivity contribution is 6.07. The van der Waals surface area contributed by atoms with Gasteiger partial charge < -0.3 is 15.2 Å². The lowest BCUT2D eigenvalue weighted by atomic mass is 9.81. The predicted octanol–water partition coefficient (Wildman–Crippen LogP) is 5.42. The first kappa shape index (κ1) is 20.6. The number of carbonyl (C=O) groups is 1. The van der Waals surface area contributed by atoms with Crippen LogP contribution in [0.25, 0.3) is 6.08 Å². The molecule has 2 aromatic rings. The van der Waals surface area contributed by atoms with Crippen LogP contribution in [0.4, 0.5) is 5.69 Å². The van der Waals surface area contributed by atoms with Crippen molar-refractivity contribution < 1.29 is 14.6 Å². The van der Waals surface area contributed by atoms with Crippen molar-refractivity contribution in [1.29, 1.82) is 0 Å². The zero-order valence-electron chi connectivity index (χ0n) is 16.8. The summed E-state index contributed by atoms with van der Waals surface area (Å²) < 4.78 is 5.66. The number of carbonyl (C=O) groups excluding carboxylic acids is 1. The Bertz CT molecular complexity index is 820. The van der Waals surface area contributed by atoms with Crippen LogP contribution in [0, 0.1) is 0 Å². The van der Waals surface area contributed by atoms with Crippen LogP contribution in [-0.2, 0) is 5.41 Å². The van der Waals surface area contributed by atoms with Crippen LogP contribution in [-0.4, -0.2) is 24.5 Å². The zero-order chi connectivity index (χ0) is 20.0. The molecule has 4 nitrogen and oxygen atoms in total. The van der Waals surface area contributed by atoms with Gasteiger partial charge in [0.1, 0.15) is 11.5 Å². The van der Waals surface area contributed by atoms with Gasteiger partial charge in [0.05, 0.1) is 6.61 Å². The van der Waals surface area contributed by atoms with Crippen LogP contribution in [0.3, 0.4) is 0 Å². The molecule has 0 radical (unpaired) electrons. The average molecular weight is 367 g/mol. The lowest BCUT2D eigenvalue weighted by molar-refractivity contribution is 0.104. The van der Waals surface area contributed by atoms with Gasteiger partial charge in [0.15, 0.2) is 5.78 Å². The van der Waals surface area contributed by atoms with Crippen LogP contribution in [0.15, 0.2) is 42.5 Å². The van der Waals surface area contributed by atoms with E-state index in [4.69, 9.17) is 4.74 Å². The van der Waals surface area contributed by atoms with Gasteiger partial charge in [-0.2, -0.15) is 0 Å². The molecule has 0 heterocycles. The first-order chi connectivity index (χ1) is 12.8. The van der Waals surface area contributed by atoms with E-state index in [0.29, 0.717) is 17.9 Å². The van der Waals surface area contributed by atoms with Crippen LogP contribution < -0.4 is 10.1 Å². The number of benzene rings is 2. The Kier molecular flexibility index (Phi) is 6.67. The maximum atomic E-state index is 12.5. The van der Waals surface area contributed by atoms with Gasteiger partial charge in [0, 0.05) is 35.5 Å². The molecule has 144 valence electrons. The summed E-state index contributed by atoms with van der Waals surface area (Å²) in [7, 11) is 1.84. The molecular weight excluding hydrogens is 338 g/mol. The Labute approximate surface area is 161 Å². The first-order valence-electron chi connectivity index (χ1n) is 9.33. The van der Waals surface area contributed by atoms with E-state index >= 15 is 0 Å². The molecule has 4 heteroatoms. The summed E-state index contributed by atoms with van der Waals surface area (Å²) in [6.45, 7) is 8.64. The summed E-state index contributed by atoms with van der Waals surface area (Å²) in [5.74, 6) is 0.709. The largest absolute Gasteiger partial charge is 0.508 e. The van der Waals surface area contributed by atoms with Crippen molar-refractivity contribution in [1.82, 2.24) is 0 Å². The van der Waals surface area contributed by atoms with E-state index < -0.39 is 0 Å². The Hall–Kier alpha value is -2.75. The molecule has 0 spiro atoms. The molecule has 0 atom stereocenters. The SMILES string of the molecule is CCOc1cc(O)c(C(C)(C)CC)cc1C=CC(=O)c1ccc(NC)cc1. The minimum Gasteiger partial charge on any atom is -0.508 e. The van der Waals surface area contributed by atoms with Crippen LogP contribution in [0.1, 0.15) is 55.6 Å². The summed E-state index contributed by atoms with van der Waals surface area (Å²) in [4.78, 5) is 12.5.